The number of amides is 1. The maximum atomic E-state index is 12.5. The van der Waals surface area contributed by atoms with Gasteiger partial charge in [0, 0.05) is 12.1 Å². The lowest BCUT2D eigenvalue weighted by atomic mass is 10.1. The summed E-state index contributed by atoms with van der Waals surface area (Å²) in [6.07, 6.45) is 0. The van der Waals surface area contributed by atoms with Crippen molar-refractivity contribution < 1.29 is 18.4 Å². The quantitative estimate of drug-likeness (QED) is 0.213. The first kappa shape index (κ1) is 23.1. The molecule has 168 valence electrons. The van der Waals surface area contributed by atoms with Crippen LogP contribution >= 0.6 is 8.60 Å². The Morgan fingerprint density at radius 3 is 1.88 bits per heavy atom. The van der Waals surface area contributed by atoms with Crippen molar-refractivity contribution in [3.63, 3.8) is 0 Å². The maximum absolute atomic E-state index is 12.5. The van der Waals surface area contributed by atoms with Crippen LogP contribution < -0.4 is 5.32 Å². The van der Waals surface area contributed by atoms with Gasteiger partial charge in [0.15, 0.2) is 0 Å². The van der Waals surface area contributed by atoms with Gasteiger partial charge in [-0.25, -0.2) is 0 Å². The molecular formula is C27H26NO4P. The highest BCUT2D eigenvalue weighted by Gasteiger charge is 2.14. The minimum Gasteiger partial charge on any atom is -0.350 e. The number of rotatable bonds is 11. The molecule has 0 saturated carbocycles. The SMILES string of the molecule is O=C(NCCOP(OCc1ccccc1)OCc1ccccc1)c1ccc2ccccc2c1. The van der Waals surface area contributed by atoms with Crippen LogP contribution in [0.2, 0.25) is 0 Å². The van der Waals surface area contributed by atoms with Gasteiger partial charge in [0.1, 0.15) is 0 Å². The Balaban J connectivity index is 1.27. The first-order chi connectivity index (χ1) is 16.3. The van der Waals surface area contributed by atoms with E-state index in [-0.39, 0.29) is 12.5 Å². The molecule has 0 aromatic heterocycles. The fourth-order valence-corrected chi connectivity index (χ4v) is 4.21. The van der Waals surface area contributed by atoms with Crippen molar-refractivity contribution in [3.05, 3.63) is 120 Å². The number of hydrogen-bond acceptors (Lipinski definition) is 4. The molecule has 0 aliphatic rings. The van der Waals surface area contributed by atoms with Gasteiger partial charge in [-0.15, -0.1) is 0 Å². The maximum Gasteiger partial charge on any atom is 0.333 e. The largest absolute Gasteiger partial charge is 0.350 e. The molecule has 0 aliphatic heterocycles. The Morgan fingerprint density at radius 1 is 0.667 bits per heavy atom. The molecule has 4 aromatic rings. The summed E-state index contributed by atoms with van der Waals surface area (Å²) in [6.45, 7) is 1.43. The first-order valence-corrected chi connectivity index (χ1v) is 11.9. The second kappa shape index (κ2) is 12.2. The Kier molecular flexibility index (Phi) is 8.56. The van der Waals surface area contributed by atoms with Crippen LogP contribution in [0.1, 0.15) is 21.5 Å². The number of benzene rings is 4. The van der Waals surface area contributed by atoms with Crippen molar-refractivity contribution in [1.82, 2.24) is 5.32 Å². The second-order valence-corrected chi connectivity index (χ2v) is 8.61. The zero-order valence-corrected chi connectivity index (χ0v) is 19.1. The highest BCUT2D eigenvalue weighted by atomic mass is 31.2. The Morgan fingerprint density at radius 2 is 1.24 bits per heavy atom. The van der Waals surface area contributed by atoms with E-state index in [1.54, 1.807) is 0 Å². The third kappa shape index (κ3) is 7.21. The molecule has 0 fully saturated rings. The van der Waals surface area contributed by atoms with Crippen LogP contribution in [0.5, 0.6) is 0 Å². The predicted molar refractivity (Wildman–Crippen MR) is 132 cm³/mol. The van der Waals surface area contributed by atoms with Crippen LogP contribution in [0.25, 0.3) is 10.8 Å². The van der Waals surface area contributed by atoms with Crippen molar-refractivity contribution in [1.29, 1.82) is 0 Å². The summed E-state index contributed by atoms with van der Waals surface area (Å²) in [6, 6.07) is 33.4. The Hall–Kier alpha value is -3.08. The standard InChI is InChI=1S/C27H26NO4P/c29-27(26-16-15-24-13-7-8-14-25(24)19-26)28-17-18-30-33(31-20-22-9-3-1-4-10-22)32-21-23-11-5-2-6-12-23/h1-16,19H,17-18,20-21H2,(H,28,29). The van der Waals surface area contributed by atoms with E-state index in [4.69, 9.17) is 13.6 Å². The lowest BCUT2D eigenvalue weighted by Gasteiger charge is -2.17. The highest BCUT2D eigenvalue weighted by Crippen LogP contribution is 2.41. The van der Waals surface area contributed by atoms with Crippen LogP contribution in [0.4, 0.5) is 0 Å². The summed E-state index contributed by atoms with van der Waals surface area (Å²) in [7, 11) is -1.57. The predicted octanol–water partition coefficient (Wildman–Crippen LogP) is 6.25. The van der Waals surface area contributed by atoms with Crippen molar-refractivity contribution in [2.24, 2.45) is 0 Å². The van der Waals surface area contributed by atoms with Crippen LogP contribution in [0, 0.1) is 0 Å². The summed E-state index contributed by atoms with van der Waals surface area (Å²) < 4.78 is 17.6. The molecule has 0 unspecified atom stereocenters. The third-order valence-electron chi connectivity index (χ3n) is 4.95. The van der Waals surface area contributed by atoms with Crippen LogP contribution in [0.15, 0.2) is 103 Å². The summed E-state index contributed by atoms with van der Waals surface area (Å²) >= 11 is 0. The van der Waals surface area contributed by atoms with Gasteiger partial charge in [0.25, 0.3) is 5.91 Å². The summed E-state index contributed by atoms with van der Waals surface area (Å²) in [5.74, 6) is -0.135. The van der Waals surface area contributed by atoms with Gasteiger partial charge < -0.3 is 18.9 Å². The van der Waals surface area contributed by atoms with Crippen LogP contribution in [-0.2, 0) is 26.8 Å². The smallest absolute Gasteiger partial charge is 0.333 e. The monoisotopic (exact) mass is 459 g/mol. The molecule has 0 aliphatic carbocycles. The van der Waals surface area contributed by atoms with Gasteiger partial charge in [-0.3, -0.25) is 4.79 Å². The minimum absolute atomic E-state index is 0.135. The molecule has 4 rings (SSSR count). The van der Waals surface area contributed by atoms with Gasteiger partial charge in [0.2, 0.25) is 0 Å². The Labute approximate surface area is 195 Å². The number of nitrogens with one attached hydrogen (secondary N) is 1. The van der Waals surface area contributed by atoms with Crippen LogP contribution in [0.3, 0.4) is 0 Å². The molecule has 1 amide bonds. The molecule has 6 heteroatoms. The van der Waals surface area contributed by atoms with E-state index in [1.165, 1.54) is 0 Å². The van der Waals surface area contributed by atoms with Gasteiger partial charge in [-0.2, -0.15) is 0 Å². The van der Waals surface area contributed by atoms with Crippen molar-refractivity contribution in [2.45, 2.75) is 13.2 Å². The topological polar surface area (TPSA) is 56.8 Å². The van der Waals surface area contributed by atoms with E-state index in [0.717, 1.165) is 21.9 Å². The fraction of sp³-hybridized carbons (Fsp3) is 0.148. The summed E-state index contributed by atoms with van der Waals surface area (Å²) in [4.78, 5) is 12.5. The van der Waals surface area contributed by atoms with Crippen LogP contribution in [-0.4, -0.2) is 19.1 Å². The van der Waals surface area contributed by atoms with Gasteiger partial charge in [-0.1, -0.05) is 91.0 Å². The molecule has 33 heavy (non-hydrogen) atoms. The molecule has 4 aromatic carbocycles. The first-order valence-electron chi connectivity index (χ1n) is 10.8. The van der Waals surface area contributed by atoms with Gasteiger partial charge in [-0.05, 0) is 34.0 Å². The van der Waals surface area contributed by atoms with E-state index in [2.05, 4.69) is 5.32 Å². The van der Waals surface area contributed by atoms with E-state index in [9.17, 15) is 4.79 Å². The molecular weight excluding hydrogens is 433 g/mol. The van der Waals surface area contributed by atoms with Crippen molar-refractivity contribution in [3.8, 4) is 0 Å². The second-order valence-electron chi connectivity index (χ2n) is 7.39. The highest BCUT2D eigenvalue weighted by molar-refractivity contribution is 7.41. The van der Waals surface area contributed by atoms with Gasteiger partial charge >= 0.3 is 8.60 Å². The lowest BCUT2D eigenvalue weighted by Crippen LogP contribution is -2.26. The number of fused-ring (bicyclic) bond motifs is 1. The fourth-order valence-electron chi connectivity index (χ4n) is 3.23. The number of carbonyl (C=O) groups is 1. The Bertz CT molecular complexity index is 1110. The molecule has 1 N–H and O–H groups in total. The molecule has 0 radical (unpaired) electrons. The third-order valence-corrected chi connectivity index (χ3v) is 6.03. The molecule has 0 atom stereocenters. The molecule has 0 saturated heterocycles. The molecule has 0 spiro atoms. The number of carbonyl (C=O) groups excluding carboxylic acids is 1. The van der Waals surface area contributed by atoms with E-state index >= 15 is 0 Å². The van der Waals surface area contributed by atoms with E-state index in [0.29, 0.717) is 25.3 Å². The van der Waals surface area contributed by atoms with Crippen molar-refractivity contribution in [2.75, 3.05) is 13.2 Å². The average molecular weight is 459 g/mol. The summed E-state index contributed by atoms with van der Waals surface area (Å²) in [5.41, 5.74) is 2.71. The lowest BCUT2D eigenvalue weighted by molar-refractivity contribution is 0.0938. The van der Waals surface area contributed by atoms with E-state index < -0.39 is 8.60 Å². The molecule has 0 bridgehead atoms. The number of hydrogen-bond donors (Lipinski definition) is 1. The minimum atomic E-state index is -1.57. The normalized spacial score (nSPS) is 11.1. The zero-order valence-electron chi connectivity index (χ0n) is 18.2. The average Bonchev–Trinajstić information content (AvgIpc) is 2.88. The van der Waals surface area contributed by atoms with E-state index in [1.807, 2.05) is 103 Å². The summed E-state index contributed by atoms with van der Waals surface area (Å²) in [5, 5.41) is 5.04. The molecule has 0 heterocycles. The van der Waals surface area contributed by atoms with Crippen molar-refractivity contribution >= 4 is 25.3 Å². The zero-order chi connectivity index (χ0) is 22.7. The van der Waals surface area contributed by atoms with Gasteiger partial charge in [0.05, 0.1) is 19.8 Å². The molecule has 5 nitrogen and oxygen atoms in total.